The van der Waals surface area contributed by atoms with E-state index in [-0.39, 0.29) is 40.2 Å². The largest absolute Gasteiger partial charge is 0.326 e. The van der Waals surface area contributed by atoms with Crippen molar-refractivity contribution in [3.8, 4) is 0 Å². The predicted octanol–water partition coefficient (Wildman–Crippen LogP) is 4.85. The van der Waals surface area contributed by atoms with E-state index in [2.05, 4.69) is 10.0 Å². The number of carbonyl (C=O) groups is 1. The van der Waals surface area contributed by atoms with Crippen molar-refractivity contribution in [3.05, 3.63) is 89.2 Å². The van der Waals surface area contributed by atoms with Gasteiger partial charge in [0.05, 0.1) is 15.6 Å². The molecule has 0 spiro atoms. The number of carbonyl (C=O) groups excluding carboxylic acids is 1. The average molecular weight is 433 g/mol. The van der Waals surface area contributed by atoms with Gasteiger partial charge in [-0.05, 0) is 48.4 Å². The van der Waals surface area contributed by atoms with E-state index in [1.165, 1.54) is 24.3 Å². The van der Waals surface area contributed by atoms with Crippen molar-refractivity contribution in [1.29, 1.82) is 0 Å². The van der Waals surface area contributed by atoms with E-state index in [0.717, 1.165) is 0 Å². The topological polar surface area (TPSA) is 75.3 Å². The van der Waals surface area contributed by atoms with Crippen LogP contribution in [0, 0.1) is 5.82 Å². The Morgan fingerprint density at radius 3 is 2.45 bits per heavy atom. The molecule has 0 fully saturated rings. The summed E-state index contributed by atoms with van der Waals surface area (Å²) in [7, 11) is -3.89. The maximum absolute atomic E-state index is 13.6. The number of rotatable bonds is 7. The van der Waals surface area contributed by atoms with Crippen LogP contribution >= 0.6 is 11.6 Å². The summed E-state index contributed by atoms with van der Waals surface area (Å²) < 4.78 is 41.3. The molecule has 8 heteroatoms. The van der Waals surface area contributed by atoms with Crippen LogP contribution in [-0.2, 0) is 21.2 Å². The Morgan fingerprint density at radius 1 is 0.966 bits per heavy atom. The molecule has 2 N–H and O–H groups in total. The summed E-state index contributed by atoms with van der Waals surface area (Å²) in [6, 6.07) is 18.6. The molecule has 0 bridgehead atoms. The van der Waals surface area contributed by atoms with Crippen LogP contribution in [0.15, 0.2) is 77.7 Å². The number of anilines is 2. The van der Waals surface area contributed by atoms with E-state index in [9.17, 15) is 17.6 Å². The normalized spacial score (nSPS) is 11.1. The van der Waals surface area contributed by atoms with E-state index in [1.807, 2.05) is 0 Å². The zero-order chi connectivity index (χ0) is 20.9. The highest BCUT2D eigenvalue weighted by atomic mass is 35.5. The molecule has 1 amide bonds. The van der Waals surface area contributed by atoms with Crippen molar-refractivity contribution in [2.24, 2.45) is 0 Å². The molecule has 3 rings (SSSR count). The molecular formula is C21H18ClFN2O3S. The molecule has 0 atom stereocenters. The quantitative estimate of drug-likeness (QED) is 0.560. The van der Waals surface area contributed by atoms with Crippen molar-refractivity contribution < 1.29 is 17.6 Å². The fourth-order valence-corrected chi connectivity index (χ4v) is 4.03. The smallest absolute Gasteiger partial charge is 0.262 e. The second kappa shape index (κ2) is 9.07. The molecule has 3 aromatic carbocycles. The number of aryl methyl sites for hydroxylation is 1. The van der Waals surface area contributed by atoms with Crippen LogP contribution in [0.3, 0.4) is 0 Å². The summed E-state index contributed by atoms with van der Waals surface area (Å²) in [4.78, 5) is 12.2. The number of para-hydroxylation sites is 1. The molecule has 0 aliphatic heterocycles. The van der Waals surface area contributed by atoms with Crippen LogP contribution in [0.5, 0.6) is 0 Å². The molecule has 0 saturated heterocycles. The van der Waals surface area contributed by atoms with Gasteiger partial charge < -0.3 is 5.32 Å². The van der Waals surface area contributed by atoms with Gasteiger partial charge in [-0.3, -0.25) is 9.52 Å². The lowest BCUT2D eigenvalue weighted by Crippen LogP contribution is -2.15. The van der Waals surface area contributed by atoms with Gasteiger partial charge in [-0.1, -0.05) is 48.0 Å². The second-order valence-corrected chi connectivity index (χ2v) is 8.34. The van der Waals surface area contributed by atoms with E-state index >= 15 is 0 Å². The predicted molar refractivity (Wildman–Crippen MR) is 112 cm³/mol. The van der Waals surface area contributed by atoms with Gasteiger partial charge in [0.1, 0.15) is 5.82 Å². The zero-order valence-electron chi connectivity index (χ0n) is 15.2. The Kier molecular flexibility index (Phi) is 6.51. The lowest BCUT2D eigenvalue weighted by molar-refractivity contribution is -0.116. The third kappa shape index (κ3) is 5.56. The molecular weight excluding hydrogens is 415 g/mol. The van der Waals surface area contributed by atoms with Gasteiger partial charge in [0.2, 0.25) is 5.91 Å². The number of sulfonamides is 1. The van der Waals surface area contributed by atoms with Gasteiger partial charge in [-0.15, -0.1) is 0 Å². The SMILES string of the molecule is O=C(CCc1ccccc1F)Nc1cccc(S(=O)(=O)Nc2ccccc2Cl)c1. The molecule has 150 valence electrons. The molecule has 0 radical (unpaired) electrons. The number of hydrogen-bond acceptors (Lipinski definition) is 3. The minimum atomic E-state index is -3.89. The van der Waals surface area contributed by atoms with Crippen molar-refractivity contribution in [3.63, 3.8) is 0 Å². The fourth-order valence-electron chi connectivity index (χ4n) is 2.66. The summed E-state index contributed by atoms with van der Waals surface area (Å²) in [5.74, 6) is -0.707. The first kappa shape index (κ1) is 20.8. The van der Waals surface area contributed by atoms with Crippen LogP contribution in [0.2, 0.25) is 5.02 Å². The maximum Gasteiger partial charge on any atom is 0.262 e. The molecule has 0 unspecified atom stereocenters. The Balaban J connectivity index is 1.68. The van der Waals surface area contributed by atoms with Gasteiger partial charge in [0, 0.05) is 12.1 Å². The van der Waals surface area contributed by atoms with E-state index in [0.29, 0.717) is 11.3 Å². The molecule has 0 aromatic heterocycles. The second-order valence-electron chi connectivity index (χ2n) is 6.25. The van der Waals surface area contributed by atoms with Crippen LogP contribution in [0.25, 0.3) is 0 Å². The van der Waals surface area contributed by atoms with Crippen LogP contribution < -0.4 is 10.0 Å². The molecule has 3 aromatic rings. The minimum absolute atomic E-state index is 0.0238. The average Bonchev–Trinajstić information content (AvgIpc) is 2.69. The highest BCUT2D eigenvalue weighted by Crippen LogP contribution is 2.25. The third-order valence-electron chi connectivity index (χ3n) is 4.13. The molecule has 0 heterocycles. The maximum atomic E-state index is 13.6. The summed E-state index contributed by atoms with van der Waals surface area (Å²) in [5, 5.41) is 2.91. The van der Waals surface area contributed by atoms with E-state index < -0.39 is 10.0 Å². The molecule has 5 nitrogen and oxygen atoms in total. The number of halogens is 2. The van der Waals surface area contributed by atoms with Crippen molar-refractivity contribution >= 4 is 38.9 Å². The Bertz CT molecular complexity index is 1140. The number of nitrogens with one attached hydrogen (secondary N) is 2. The highest BCUT2D eigenvalue weighted by molar-refractivity contribution is 7.92. The molecule has 0 aliphatic carbocycles. The van der Waals surface area contributed by atoms with Crippen molar-refractivity contribution in [2.75, 3.05) is 10.0 Å². The third-order valence-corrected chi connectivity index (χ3v) is 5.82. The Morgan fingerprint density at radius 2 is 1.69 bits per heavy atom. The van der Waals surface area contributed by atoms with Gasteiger partial charge >= 0.3 is 0 Å². The zero-order valence-corrected chi connectivity index (χ0v) is 16.8. The summed E-state index contributed by atoms with van der Waals surface area (Å²) in [5.41, 5.74) is 1.03. The van der Waals surface area contributed by atoms with E-state index in [1.54, 1.807) is 48.5 Å². The Labute approximate surface area is 173 Å². The first-order valence-corrected chi connectivity index (χ1v) is 10.6. The molecule has 0 aliphatic rings. The van der Waals surface area contributed by atoms with Crippen LogP contribution in [0.1, 0.15) is 12.0 Å². The Hall–Kier alpha value is -2.90. The number of hydrogen-bond donors (Lipinski definition) is 2. The lowest BCUT2D eigenvalue weighted by Gasteiger charge is -2.11. The van der Waals surface area contributed by atoms with Gasteiger partial charge in [0.25, 0.3) is 10.0 Å². The molecule has 0 saturated carbocycles. The number of benzene rings is 3. The van der Waals surface area contributed by atoms with Crippen molar-refractivity contribution in [2.45, 2.75) is 17.7 Å². The first-order valence-electron chi connectivity index (χ1n) is 8.76. The van der Waals surface area contributed by atoms with Crippen LogP contribution in [-0.4, -0.2) is 14.3 Å². The summed E-state index contributed by atoms with van der Waals surface area (Å²) in [6.45, 7) is 0. The van der Waals surface area contributed by atoms with Gasteiger partial charge in [0.15, 0.2) is 0 Å². The fraction of sp³-hybridized carbons (Fsp3) is 0.0952. The first-order chi connectivity index (χ1) is 13.8. The van der Waals surface area contributed by atoms with Gasteiger partial charge in [-0.25, -0.2) is 12.8 Å². The van der Waals surface area contributed by atoms with Crippen LogP contribution in [0.4, 0.5) is 15.8 Å². The highest BCUT2D eigenvalue weighted by Gasteiger charge is 2.16. The van der Waals surface area contributed by atoms with Crippen molar-refractivity contribution in [1.82, 2.24) is 0 Å². The number of amides is 1. The summed E-state index contributed by atoms with van der Waals surface area (Å²) >= 11 is 6.00. The molecule has 29 heavy (non-hydrogen) atoms. The monoisotopic (exact) mass is 432 g/mol. The standard InChI is InChI=1S/C21H18ClFN2O3S/c22-18-9-2-4-11-20(18)25-29(27,28)17-8-5-7-16(14-17)24-21(26)13-12-15-6-1-3-10-19(15)23/h1-11,14,25H,12-13H2,(H,24,26). The minimum Gasteiger partial charge on any atom is -0.326 e. The van der Waals surface area contributed by atoms with Gasteiger partial charge in [-0.2, -0.15) is 0 Å². The van der Waals surface area contributed by atoms with E-state index in [4.69, 9.17) is 11.6 Å². The lowest BCUT2D eigenvalue weighted by atomic mass is 10.1. The summed E-state index contributed by atoms with van der Waals surface area (Å²) in [6.07, 6.45) is 0.306.